The molecular weight excluding hydrogens is 209 g/mol. The van der Waals surface area contributed by atoms with Crippen molar-refractivity contribution in [2.24, 2.45) is 5.92 Å². The molecule has 0 aromatic heterocycles. The Morgan fingerprint density at radius 2 is 2.38 bits per heavy atom. The minimum absolute atomic E-state index is 0.187. The van der Waals surface area contributed by atoms with Crippen LogP contribution in [0.25, 0.3) is 0 Å². The van der Waals surface area contributed by atoms with Gasteiger partial charge in [0.1, 0.15) is 0 Å². The molecule has 0 N–H and O–H groups in total. The number of hydrogen-bond acceptors (Lipinski definition) is 3. The van der Waals surface area contributed by atoms with Gasteiger partial charge < -0.3 is 9.47 Å². The molecule has 0 spiro atoms. The monoisotopic (exact) mass is 221 g/mol. The summed E-state index contributed by atoms with van der Waals surface area (Å²) < 4.78 is 23.7. The summed E-state index contributed by atoms with van der Waals surface area (Å²) in [7, 11) is 1.42. The zero-order chi connectivity index (χ0) is 11.5. The lowest BCUT2D eigenvalue weighted by Gasteiger charge is -2.14. The van der Waals surface area contributed by atoms with E-state index >= 15 is 0 Å². The number of nitriles is 1. The predicted molar refractivity (Wildman–Crippen MR) is 55.4 cm³/mol. The molecule has 16 heavy (non-hydrogen) atoms. The van der Waals surface area contributed by atoms with Crippen LogP contribution in [0, 0.1) is 23.1 Å². The third-order valence-electron chi connectivity index (χ3n) is 2.76. The summed E-state index contributed by atoms with van der Waals surface area (Å²) in [6, 6.07) is 6.85. The summed E-state index contributed by atoms with van der Waals surface area (Å²) in [5, 5.41) is 8.92. The Morgan fingerprint density at radius 1 is 1.56 bits per heavy atom. The molecule has 2 atom stereocenters. The van der Waals surface area contributed by atoms with Crippen molar-refractivity contribution in [2.45, 2.75) is 12.5 Å². The standard InChI is InChI=1S/C12H12FNO2/c1-15-11-3-2-8(6-10(11)13)12-9(7-14)4-5-16-12/h2-3,6,9,12H,4-5H2,1H3. The number of hydrogen-bond donors (Lipinski definition) is 0. The van der Waals surface area contributed by atoms with Gasteiger partial charge in [-0.25, -0.2) is 4.39 Å². The number of nitrogens with zero attached hydrogens (tertiary/aromatic N) is 1. The van der Waals surface area contributed by atoms with Crippen LogP contribution >= 0.6 is 0 Å². The quantitative estimate of drug-likeness (QED) is 0.770. The van der Waals surface area contributed by atoms with E-state index in [1.54, 1.807) is 12.1 Å². The van der Waals surface area contributed by atoms with Gasteiger partial charge in [0.05, 0.1) is 25.2 Å². The van der Waals surface area contributed by atoms with Crippen molar-refractivity contribution in [3.8, 4) is 11.8 Å². The van der Waals surface area contributed by atoms with Gasteiger partial charge >= 0.3 is 0 Å². The van der Waals surface area contributed by atoms with Gasteiger partial charge in [0.2, 0.25) is 0 Å². The fraction of sp³-hybridized carbons (Fsp3) is 0.417. The van der Waals surface area contributed by atoms with Crippen LogP contribution in [-0.2, 0) is 4.74 Å². The number of benzene rings is 1. The number of halogens is 1. The van der Waals surface area contributed by atoms with Crippen LogP contribution in [0.4, 0.5) is 4.39 Å². The van der Waals surface area contributed by atoms with Gasteiger partial charge in [-0.2, -0.15) is 5.26 Å². The van der Waals surface area contributed by atoms with Gasteiger partial charge in [0.25, 0.3) is 0 Å². The zero-order valence-electron chi connectivity index (χ0n) is 8.94. The lowest BCUT2D eigenvalue weighted by Crippen LogP contribution is -2.06. The Hall–Kier alpha value is -1.60. The van der Waals surface area contributed by atoms with Crippen LogP contribution in [0.15, 0.2) is 18.2 Å². The van der Waals surface area contributed by atoms with Crippen molar-refractivity contribution in [3.63, 3.8) is 0 Å². The normalized spacial score (nSPS) is 24.1. The lowest BCUT2D eigenvalue weighted by molar-refractivity contribution is 0.100. The second-order valence-corrected chi connectivity index (χ2v) is 3.71. The molecule has 84 valence electrons. The van der Waals surface area contributed by atoms with E-state index in [9.17, 15) is 4.39 Å². The van der Waals surface area contributed by atoms with Crippen LogP contribution in [0.3, 0.4) is 0 Å². The number of ether oxygens (including phenoxy) is 2. The molecule has 1 aromatic carbocycles. The molecule has 1 aliphatic heterocycles. The van der Waals surface area contributed by atoms with Crippen molar-refractivity contribution >= 4 is 0 Å². The van der Waals surface area contributed by atoms with E-state index < -0.39 is 5.82 Å². The van der Waals surface area contributed by atoms with E-state index in [0.29, 0.717) is 18.6 Å². The van der Waals surface area contributed by atoms with E-state index in [2.05, 4.69) is 6.07 Å². The molecule has 1 heterocycles. The molecule has 2 unspecified atom stereocenters. The van der Waals surface area contributed by atoms with Crippen molar-refractivity contribution in [2.75, 3.05) is 13.7 Å². The lowest BCUT2D eigenvalue weighted by atomic mass is 9.96. The Bertz CT molecular complexity index is 428. The minimum atomic E-state index is -0.424. The third-order valence-corrected chi connectivity index (χ3v) is 2.76. The van der Waals surface area contributed by atoms with Crippen LogP contribution in [0.1, 0.15) is 18.1 Å². The minimum Gasteiger partial charge on any atom is -0.494 e. The molecule has 4 heteroatoms. The predicted octanol–water partition coefficient (Wildman–Crippen LogP) is 2.44. The first-order chi connectivity index (χ1) is 7.76. The molecule has 0 aliphatic carbocycles. The molecule has 0 amide bonds. The third kappa shape index (κ3) is 1.86. The highest BCUT2D eigenvalue weighted by Gasteiger charge is 2.30. The topological polar surface area (TPSA) is 42.2 Å². The highest BCUT2D eigenvalue weighted by Crippen LogP contribution is 2.35. The zero-order valence-corrected chi connectivity index (χ0v) is 8.94. The molecule has 3 nitrogen and oxygen atoms in total. The maximum Gasteiger partial charge on any atom is 0.165 e. The molecule has 1 aliphatic rings. The van der Waals surface area contributed by atoms with Crippen molar-refractivity contribution < 1.29 is 13.9 Å². The van der Waals surface area contributed by atoms with Gasteiger partial charge in [-0.3, -0.25) is 0 Å². The van der Waals surface area contributed by atoms with Gasteiger partial charge in [0.15, 0.2) is 11.6 Å². The van der Waals surface area contributed by atoms with E-state index in [1.165, 1.54) is 13.2 Å². The summed E-state index contributed by atoms with van der Waals surface area (Å²) in [5.74, 6) is -0.407. The first-order valence-corrected chi connectivity index (χ1v) is 5.11. The fourth-order valence-corrected chi connectivity index (χ4v) is 1.91. The molecule has 0 radical (unpaired) electrons. The molecule has 0 saturated carbocycles. The molecule has 2 rings (SSSR count). The highest BCUT2D eigenvalue weighted by molar-refractivity contribution is 5.31. The molecule has 0 bridgehead atoms. The summed E-state index contributed by atoms with van der Waals surface area (Å²) in [6.45, 7) is 0.552. The molecule has 1 saturated heterocycles. The second-order valence-electron chi connectivity index (χ2n) is 3.71. The smallest absolute Gasteiger partial charge is 0.165 e. The Balaban J connectivity index is 2.28. The van der Waals surface area contributed by atoms with Crippen LogP contribution in [0.5, 0.6) is 5.75 Å². The maximum atomic E-state index is 13.5. The van der Waals surface area contributed by atoms with E-state index in [0.717, 1.165) is 0 Å². The average molecular weight is 221 g/mol. The molecule has 1 fully saturated rings. The summed E-state index contributed by atoms with van der Waals surface area (Å²) in [4.78, 5) is 0. The Labute approximate surface area is 93.4 Å². The first-order valence-electron chi connectivity index (χ1n) is 5.11. The van der Waals surface area contributed by atoms with E-state index in [-0.39, 0.29) is 17.8 Å². The Kier molecular flexibility index (Phi) is 3.07. The Morgan fingerprint density at radius 3 is 3.00 bits per heavy atom. The SMILES string of the molecule is COc1ccc(C2OCCC2C#N)cc1F. The maximum absolute atomic E-state index is 13.5. The molecular formula is C12H12FNO2. The van der Waals surface area contributed by atoms with Crippen LogP contribution in [-0.4, -0.2) is 13.7 Å². The fourth-order valence-electron chi connectivity index (χ4n) is 1.91. The average Bonchev–Trinajstić information content (AvgIpc) is 2.77. The second kappa shape index (κ2) is 4.50. The van der Waals surface area contributed by atoms with Crippen molar-refractivity contribution in [3.05, 3.63) is 29.6 Å². The summed E-state index contributed by atoms with van der Waals surface area (Å²) in [5.41, 5.74) is 0.697. The van der Waals surface area contributed by atoms with Crippen molar-refractivity contribution in [1.82, 2.24) is 0 Å². The summed E-state index contributed by atoms with van der Waals surface area (Å²) >= 11 is 0. The van der Waals surface area contributed by atoms with Crippen molar-refractivity contribution in [1.29, 1.82) is 5.26 Å². The van der Waals surface area contributed by atoms with E-state index in [1.807, 2.05) is 0 Å². The van der Waals surface area contributed by atoms with Gasteiger partial charge in [-0.15, -0.1) is 0 Å². The number of methoxy groups -OCH3 is 1. The van der Waals surface area contributed by atoms with Crippen LogP contribution in [0.2, 0.25) is 0 Å². The number of rotatable bonds is 2. The largest absolute Gasteiger partial charge is 0.494 e. The van der Waals surface area contributed by atoms with Gasteiger partial charge in [-0.1, -0.05) is 6.07 Å². The van der Waals surface area contributed by atoms with Gasteiger partial charge in [0, 0.05) is 6.61 Å². The highest BCUT2D eigenvalue weighted by atomic mass is 19.1. The van der Waals surface area contributed by atoms with E-state index in [4.69, 9.17) is 14.7 Å². The van der Waals surface area contributed by atoms with Crippen LogP contribution < -0.4 is 4.74 Å². The first kappa shape index (κ1) is 10.9. The van der Waals surface area contributed by atoms with Gasteiger partial charge in [-0.05, 0) is 24.1 Å². The summed E-state index contributed by atoms with van der Waals surface area (Å²) in [6.07, 6.45) is 0.389. The molecule has 1 aromatic rings.